The second kappa shape index (κ2) is 8.53. The number of fused-ring (bicyclic) bond motifs is 1. The van der Waals surface area contributed by atoms with E-state index in [0.717, 1.165) is 6.33 Å². The fourth-order valence-corrected chi connectivity index (χ4v) is 5.70. The van der Waals surface area contributed by atoms with E-state index in [1.807, 2.05) is 0 Å². The summed E-state index contributed by atoms with van der Waals surface area (Å²) in [6.07, 6.45) is -1.36. The number of nitrogens with two attached hydrogens (primary N) is 2. The number of phosphoric ester groups is 1. The molecule has 0 aliphatic carbocycles. The Bertz CT molecular complexity index is 1110. The molecule has 0 aromatic carbocycles. The molecule has 174 valence electrons. The van der Waals surface area contributed by atoms with Crippen molar-refractivity contribution >= 4 is 40.4 Å². The number of aliphatic hydroxyl groups is 1. The van der Waals surface area contributed by atoms with Crippen LogP contribution in [0.15, 0.2) is 12.7 Å². The van der Waals surface area contributed by atoms with E-state index in [2.05, 4.69) is 28.1 Å². The average Bonchev–Trinajstić information content (AvgIpc) is 3.13. The Labute approximate surface area is 172 Å². The molecule has 3 heterocycles. The van der Waals surface area contributed by atoms with Crippen molar-refractivity contribution in [3.05, 3.63) is 12.7 Å². The van der Waals surface area contributed by atoms with Crippen molar-refractivity contribution in [1.29, 1.82) is 0 Å². The number of rotatable bonds is 8. The van der Waals surface area contributed by atoms with Gasteiger partial charge in [-0.3, -0.25) is 9.09 Å². The van der Waals surface area contributed by atoms with E-state index < -0.39 is 54.6 Å². The van der Waals surface area contributed by atoms with Gasteiger partial charge in [0.05, 0.1) is 19.0 Å². The lowest BCUT2D eigenvalue weighted by Gasteiger charge is -2.19. The maximum absolute atomic E-state index is 11.8. The summed E-state index contributed by atoms with van der Waals surface area (Å²) in [4.78, 5) is 47.4. The highest BCUT2D eigenvalue weighted by Crippen LogP contribution is 2.66. The first-order valence-electron chi connectivity index (χ1n) is 7.99. The summed E-state index contributed by atoms with van der Waals surface area (Å²) < 4.78 is 52.3. The van der Waals surface area contributed by atoms with Gasteiger partial charge in [-0.25, -0.2) is 28.6 Å². The molecule has 0 amide bonds. The van der Waals surface area contributed by atoms with Crippen molar-refractivity contribution in [2.75, 3.05) is 12.3 Å². The van der Waals surface area contributed by atoms with Gasteiger partial charge in [0.15, 0.2) is 17.7 Å². The number of aliphatic hydroxyl groups excluding tert-OH is 1. The summed E-state index contributed by atoms with van der Waals surface area (Å²) in [7, 11) is -16.6. The number of aromatic nitrogens is 4. The van der Waals surface area contributed by atoms with Crippen LogP contribution in [0.5, 0.6) is 0 Å². The molecular weight excluding hydrogens is 489 g/mol. The van der Waals surface area contributed by atoms with Crippen LogP contribution in [0.1, 0.15) is 6.23 Å². The summed E-state index contributed by atoms with van der Waals surface area (Å²) in [5.41, 5.74) is 12.0. The topological polar surface area (TPSA) is 285 Å². The molecule has 1 saturated heterocycles. The van der Waals surface area contributed by atoms with Crippen LogP contribution in [0.3, 0.4) is 0 Å². The van der Waals surface area contributed by atoms with Gasteiger partial charge in [0.2, 0.25) is 0 Å². The highest BCUT2D eigenvalue weighted by atomic mass is 31.3. The summed E-state index contributed by atoms with van der Waals surface area (Å²) in [5, 5.41) is 10.4. The second-order valence-corrected chi connectivity index (χ2v) is 10.5. The monoisotopic (exact) mass is 506 g/mol. The Kier molecular flexibility index (Phi) is 6.68. The number of nitrogens with zero attached hydrogens (tertiary/aromatic N) is 4. The molecule has 1 aliphatic heterocycles. The molecule has 1 aliphatic rings. The quantitative estimate of drug-likeness (QED) is 0.197. The molecule has 0 saturated carbocycles. The highest BCUT2D eigenvalue weighted by molar-refractivity contribution is 7.66. The maximum atomic E-state index is 11.8. The van der Waals surface area contributed by atoms with E-state index in [4.69, 9.17) is 30.9 Å². The lowest BCUT2D eigenvalue weighted by atomic mass is 10.1. The van der Waals surface area contributed by atoms with Crippen molar-refractivity contribution in [2.45, 2.75) is 24.5 Å². The van der Waals surface area contributed by atoms with E-state index in [1.54, 1.807) is 0 Å². The molecule has 6 atom stereocenters. The SMILES string of the molecule is Nc1ncnc2c1ncn2[C@@H]1O[C@H](COP(=O)(O)OP(=O)(O)OP(=O)(O)O)C(N)C1O. The molecule has 0 radical (unpaired) electrons. The normalized spacial score (nSPS) is 28.5. The molecule has 1 fully saturated rings. The Hall–Kier alpha value is -1.36. The number of hydrogen-bond donors (Lipinski definition) is 7. The summed E-state index contributed by atoms with van der Waals surface area (Å²) in [6, 6.07) is -1.17. The van der Waals surface area contributed by atoms with E-state index >= 15 is 0 Å². The summed E-state index contributed by atoms with van der Waals surface area (Å²) in [5.74, 6) is 0.0738. The van der Waals surface area contributed by atoms with Crippen molar-refractivity contribution in [2.24, 2.45) is 5.73 Å². The van der Waals surface area contributed by atoms with Gasteiger partial charge in [0, 0.05) is 0 Å². The van der Waals surface area contributed by atoms with Crippen molar-refractivity contribution in [3.8, 4) is 0 Å². The molecule has 21 heteroatoms. The minimum atomic E-state index is -5.67. The zero-order chi connectivity index (χ0) is 23.2. The van der Waals surface area contributed by atoms with Gasteiger partial charge in [-0.15, -0.1) is 0 Å². The Morgan fingerprint density at radius 2 is 1.77 bits per heavy atom. The highest BCUT2D eigenvalue weighted by Gasteiger charge is 2.46. The van der Waals surface area contributed by atoms with Crippen LogP contribution in [0.4, 0.5) is 5.82 Å². The van der Waals surface area contributed by atoms with E-state index in [0.29, 0.717) is 0 Å². The Balaban J connectivity index is 1.69. The smallest absolute Gasteiger partial charge is 0.387 e. The van der Waals surface area contributed by atoms with Gasteiger partial charge in [0.25, 0.3) is 0 Å². The fraction of sp³-hybridized carbons (Fsp3) is 0.500. The van der Waals surface area contributed by atoms with E-state index in [1.165, 1.54) is 10.9 Å². The molecular formula is C10H17N6O12P3. The number of hydrogen-bond acceptors (Lipinski definition) is 13. The molecule has 0 bridgehead atoms. The average molecular weight is 506 g/mol. The van der Waals surface area contributed by atoms with E-state index in [-0.39, 0.29) is 17.0 Å². The summed E-state index contributed by atoms with van der Waals surface area (Å²) >= 11 is 0. The van der Waals surface area contributed by atoms with Gasteiger partial charge in [-0.1, -0.05) is 0 Å². The first-order valence-corrected chi connectivity index (χ1v) is 12.5. The molecule has 9 N–H and O–H groups in total. The molecule has 4 unspecified atom stereocenters. The molecule has 0 spiro atoms. The lowest BCUT2D eigenvalue weighted by molar-refractivity contribution is -0.0482. The third kappa shape index (κ3) is 5.71. The second-order valence-electron chi connectivity index (χ2n) is 6.10. The first kappa shape index (κ1) is 24.3. The van der Waals surface area contributed by atoms with Crippen LogP contribution in [0.25, 0.3) is 11.2 Å². The fourth-order valence-electron chi connectivity index (χ4n) is 2.67. The van der Waals surface area contributed by atoms with Gasteiger partial charge in [-0.05, 0) is 0 Å². The third-order valence-corrected chi connectivity index (χ3v) is 7.71. The Morgan fingerprint density at radius 1 is 1.10 bits per heavy atom. The zero-order valence-corrected chi connectivity index (χ0v) is 17.7. The number of phosphoric acid groups is 3. The number of imidazole rings is 1. The molecule has 18 nitrogen and oxygen atoms in total. The van der Waals surface area contributed by atoms with Crippen molar-refractivity contribution < 1.29 is 56.3 Å². The van der Waals surface area contributed by atoms with Crippen LogP contribution in [-0.4, -0.2) is 69.1 Å². The van der Waals surface area contributed by atoms with Gasteiger partial charge < -0.3 is 40.9 Å². The molecule has 2 aromatic heterocycles. The Morgan fingerprint density at radius 3 is 2.42 bits per heavy atom. The number of ether oxygens (including phenoxy) is 1. The minimum Gasteiger partial charge on any atom is -0.387 e. The first-order chi connectivity index (χ1) is 14.2. The predicted octanol–water partition coefficient (Wildman–Crippen LogP) is -1.66. The van der Waals surface area contributed by atoms with Gasteiger partial charge in [0.1, 0.15) is 24.1 Å². The van der Waals surface area contributed by atoms with Crippen LogP contribution in [0, 0.1) is 0 Å². The van der Waals surface area contributed by atoms with Gasteiger partial charge >= 0.3 is 23.5 Å². The van der Waals surface area contributed by atoms with Gasteiger partial charge in [-0.2, -0.15) is 8.62 Å². The van der Waals surface area contributed by atoms with E-state index in [9.17, 15) is 23.7 Å². The third-order valence-electron chi connectivity index (χ3n) is 3.91. The van der Waals surface area contributed by atoms with Crippen LogP contribution in [0.2, 0.25) is 0 Å². The number of anilines is 1. The van der Waals surface area contributed by atoms with Crippen molar-refractivity contribution in [1.82, 2.24) is 19.5 Å². The largest absolute Gasteiger partial charge is 0.490 e. The van der Waals surface area contributed by atoms with Crippen molar-refractivity contribution in [3.63, 3.8) is 0 Å². The predicted molar refractivity (Wildman–Crippen MR) is 97.4 cm³/mol. The maximum Gasteiger partial charge on any atom is 0.490 e. The molecule has 3 rings (SSSR count). The summed E-state index contributed by atoms with van der Waals surface area (Å²) in [6.45, 7) is -0.831. The minimum absolute atomic E-state index is 0.0738. The lowest BCUT2D eigenvalue weighted by Crippen LogP contribution is -2.41. The molecule has 31 heavy (non-hydrogen) atoms. The van der Waals surface area contributed by atoms with Crippen LogP contribution >= 0.6 is 23.5 Å². The van der Waals surface area contributed by atoms with Crippen LogP contribution < -0.4 is 11.5 Å². The zero-order valence-electron chi connectivity index (χ0n) is 15.1. The molecule has 2 aromatic rings. The van der Waals surface area contributed by atoms with Crippen LogP contribution in [-0.2, 0) is 31.6 Å². The number of nitrogen functional groups attached to an aromatic ring is 1. The standard InChI is InChI=1S/C10H17N6O12P3/c11-5-4(1-25-30(21,22)28-31(23,24)27-29(18,19)20)26-10(7(5)17)16-3-15-6-8(12)13-2-14-9(6)16/h2-5,7,10,17H,1,11H2,(H,21,22)(H,23,24)(H2,12,13,14)(H2,18,19,20)/t4-,5?,7?,10-/m1/s1.